The van der Waals surface area contributed by atoms with Crippen LogP contribution in [0.15, 0.2) is 29.9 Å². The maximum Gasteiger partial charge on any atom is 0.308 e. The zero-order valence-electron chi connectivity index (χ0n) is 13.4. The lowest BCUT2D eigenvalue weighted by Gasteiger charge is -2.18. The predicted octanol–water partition coefficient (Wildman–Crippen LogP) is 3.78. The summed E-state index contributed by atoms with van der Waals surface area (Å²) in [7, 11) is 0. The van der Waals surface area contributed by atoms with Gasteiger partial charge in [-0.25, -0.2) is 4.98 Å². The smallest absolute Gasteiger partial charge is 0.308 e. The Morgan fingerprint density at radius 3 is 2.96 bits per heavy atom. The molecule has 2 fully saturated rings. The van der Waals surface area contributed by atoms with Gasteiger partial charge < -0.3 is 10.2 Å². The van der Waals surface area contributed by atoms with E-state index in [0.717, 1.165) is 24.3 Å². The van der Waals surface area contributed by atoms with Gasteiger partial charge in [-0.3, -0.25) is 10.1 Å². The Balaban J connectivity index is 1.77. The summed E-state index contributed by atoms with van der Waals surface area (Å²) in [4.78, 5) is 18.3. The van der Waals surface area contributed by atoms with Crippen molar-refractivity contribution < 1.29 is 4.92 Å². The molecule has 1 aromatic rings. The summed E-state index contributed by atoms with van der Waals surface area (Å²) in [6, 6.07) is 0. The third-order valence-corrected chi connectivity index (χ3v) is 5.58. The first-order valence-corrected chi connectivity index (χ1v) is 9.49. The molecule has 0 radical (unpaired) electrons. The van der Waals surface area contributed by atoms with Crippen LogP contribution in [-0.4, -0.2) is 27.9 Å². The number of hydrogen-bond acceptors (Lipinski definition) is 6. The van der Waals surface area contributed by atoms with E-state index in [4.69, 9.17) is 11.6 Å². The first-order valence-electron chi connectivity index (χ1n) is 8.29. The van der Waals surface area contributed by atoms with Gasteiger partial charge in [0.25, 0.3) is 0 Å². The van der Waals surface area contributed by atoms with E-state index in [1.165, 1.54) is 30.6 Å². The van der Waals surface area contributed by atoms with E-state index in [0.29, 0.717) is 29.3 Å². The minimum atomic E-state index is -0.292. The second-order valence-corrected chi connectivity index (χ2v) is 7.87. The Hall–Kier alpha value is -1.60. The number of rotatable bonds is 5. The average Bonchev–Trinajstić information content (AvgIpc) is 3.18. The topological polar surface area (TPSA) is 71.3 Å². The highest BCUT2D eigenvalue weighted by atomic mass is 35.5. The van der Waals surface area contributed by atoms with Gasteiger partial charge in [0.1, 0.15) is 0 Å². The fourth-order valence-electron chi connectivity index (χ4n) is 3.27. The van der Waals surface area contributed by atoms with Crippen LogP contribution in [0.5, 0.6) is 0 Å². The number of nitrogens with one attached hydrogen (secondary N) is 1. The average molecular weight is 369 g/mol. The van der Waals surface area contributed by atoms with Crippen molar-refractivity contribution in [1.82, 2.24) is 15.2 Å². The van der Waals surface area contributed by atoms with Crippen LogP contribution in [0.1, 0.15) is 37.0 Å². The van der Waals surface area contributed by atoms with Crippen LogP contribution in [0.2, 0.25) is 4.47 Å². The number of nitrogens with zero attached hydrogens (tertiary/aromatic N) is 3. The van der Waals surface area contributed by atoms with Crippen LogP contribution < -0.4 is 5.32 Å². The first kappa shape index (κ1) is 17.2. The van der Waals surface area contributed by atoms with E-state index in [1.807, 2.05) is 11.0 Å². The molecule has 1 aromatic heterocycles. The molecular formula is C16H21ClN4O2S. The van der Waals surface area contributed by atoms with Gasteiger partial charge >= 0.3 is 5.70 Å². The highest BCUT2D eigenvalue weighted by Gasteiger charge is 2.27. The number of thiazole rings is 1. The number of nitro groups is 1. The van der Waals surface area contributed by atoms with Crippen molar-refractivity contribution in [2.75, 3.05) is 13.1 Å². The lowest BCUT2D eigenvalue weighted by Crippen LogP contribution is -2.23. The summed E-state index contributed by atoms with van der Waals surface area (Å²) in [5, 5.41) is 14.7. The molecule has 0 aromatic carbocycles. The Kier molecular flexibility index (Phi) is 5.73. The minimum Gasteiger partial charge on any atom is -0.364 e. The zero-order chi connectivity index (χ0) is 16.9. The largest absolute Gasteiger partial charge is 0.364 e. The van der Waals surface area contributed by atoms with Crippen LogP contribution in [-0.2, 0) is 6.54 Å². The molecule has 0 bridgehead atoms. The van der Waals surface area contributed by atoms with Crippen LogP contribution in [0.4, 0.5) is 0 Å². The molecule has 24 heavy (non-hydrogen) atoms. The second-order valence-electron chi connectivity index (χ2n) is 6.18. The molecule has 8 heteroatoms. The van der Waals surface area contributed by atoms with Crippen molar-refractivity contribution in [2.45, 2.75) is 38.6 Å². The fourth-order valence-corrected chi connectivity index (χ4v) is 4.26. The molecule has 0 atom stereocenters. The Morgan fingerprint density at radius 2 is 2.29 bits per heavy atom. The quantitative estimate of drug-likeness (QED) is 0.632. The van der Waals surface area contributed by atoms with E-state index in [2.05, 4.69) is 10.3 Å². The van der Waals surface area contributed by atoms with Gasteiger partial charge in [-0.05, 0) is 18.8 Å². The van der Waals surface area contributed by atoms with E-state index in [1.54, 1.807) is 12.3 Å². The third-order valence-electron chi connectivity index (χ3n) is 4.48. The molecule has 130 valence electrons. The molecule has 0 amide bonds. The lowest BCUT2D eigenvalue weighted by atomic mass is 9.89. The first-order chi connectivity index (χ1) is 11.6. The maximum absolute atomic E-state index is 11.6. The highest BCUT2D eigenvalue weighted by Crippen LogP contribution is 2.26. The number of halogens is 1. The van der Waals surface area contributed by atoms with Crippen LogP contribution in [0, 0.1) is 16.0 Å². The van der Waals surface area contributed by atoms with Crippen molar-refractivity contribution in [3.63, 3.8) is 0 Å². The zero-order valence-corrected chi connectivity index (χ0v) is 15.0. The van der Waals surface area contributed by atoms with E-state index >= 15 is 0 Å². The summed E-state index contributed by atoms with van der Waals surface area (Å²) >= 11 is 7.28. The van der Waals surface area contributed by atoms with Crippen molar-refractivity contribution in [3.8, 4) is 0 Å². The van der Waals surface area contributed by atoms with E-state index in [9.17, 15) is 10.1 Å². The second kappa shape index (κ2) is 7.98. The molecule has 1 N–H and O–H groups in total. The van der Waals surface area contributed by atoms with E-state index in [-0.39, 0.29) is 10.6 Å². The van der Waals surface area contributed by atoms with Crippen molar-refractivity contribution in [3.05, 3.63) is 49.3 Å². The summed E-state index contributed by atoms with van der Waals surface area (Å²) in [6.45, 7) is 2.03. The highest BCUT2D eigenvalue weighted by molar-refractivity contribution is 7.15. The van der Waals surface area contributed by atoms with Gasteiger partial charge in [0, 0.05) is 30.2 Å². The number of aromatic nitrogens is 1. The van der Waals surface area contributed by atoms with Crippen molar-refractivity contribution >= 4 is 22.9 Å². The van der Waals surface area contributed by atoms with Crippen LogP contribution >= 0.6 is 22.9 Å². The fraction of sp³-hybridized carbons (Fsp3) is 0.562. The van der Waals surface area contributed by atoms with Gasteiger partial charge in [-0.1, -0.05) is 36.9 Å². The molecule has 0 spiro atoms. The van der Waals surface area contributed by atoms with E-state index < -0.39 is 0 Å². The normalized spacial score (nSPS) is 21.3. The molecule has 3 rings (SSSR count). The van der Waals surface area contributed by atoms with Crippen molar-refractivity contribution in [2.24, 2.45) is 5.92 Å². The van der Waals surface area contributed by atoms with Crippen LogP contribution in [0.25, 0.3) is 0 Å². The molecule has 1 saturated heterocycles. The third kappa shape index (κ3) is 4.27. The van der Waals surface area contributed by atoms with Gasteiger partial charge in [0.05, 0.1) is 11.5 Å². The summed E-state index contributed by atoms with van der Waals surface area (Å²) in [6.07, 6.45) is 11.4. The molecule has 1 saturated carbocycles. The minimum absolute atomic E-state index is 0.147. The SMILES string of the molecule is O=[N+]([O-])C(/C=C/C1CCCCC1)=C1\NCCN1Cc1cnc(Cl)s1. The molecule has 6 nitrogen and oxygen atoms in total. The Morgan fingerprint density at radius 1 is 1.50 bits per heavy atom. The van der Waals surface area contributed by atoms with Gasteiger partial charge in [-0.15, -0.1) is 11.3 Å². The number of hydrogen-bond donors (Lipinski definition) is 1. The number of allylic oxidation sites excluding steroid dienone is 2. The summed E-state index contributed by atoms with van der Waals surface area (Å²) in [5.74, 6) is 1.06. The molecular weight excluding hydrogens is 348 g/mol. The molecule has 2 aliphatic rings. The molecule has 1 aliphatic heterocycles. The molecule has 1 aliphatic carbocycles. The maximum atomic E-state index is 11.6. The monoisotopic (exact) mass is 368 g/mol. The Labute approximate surface area is 150 Å². The van der Waals surface area contributed by atoms with Gasteiger partial charge in [0.15, 0.2) is 10.3 Å². The Bertz CT molecular complexity index is 652. The molecule has 0 unspecified atom stereocenters. The summed E-state index contributed by atoms with van der Waals surface area (Å²) in [5.41, 5.74) is 0.147. The van der Waals surface area contributed by atoms with Crippen LogP contribution in [0.3, 0.4) is 0 Å². The van der Waals surface area contributed by atoms with Gasteiger partial charge in [0.2, 0.25) is 0 Å². The summed E-state index contributed by atoms with van der Waals surface area (Å²) < 4.78 is 0.495. The van der Waals surface area contributed by atoms with Crippen molar-refractivity contribution in [1.29, 1.82) is 0 Å². The lowest BCUT2D eigenvalue weighted by molar-refractivity contribution is -0.421. The standard InChI is InChI=1S/C16H21ClN4O2S/c17-16-19-10-13(24-16)11-20-9-8-18-15(20)14(21(22)23)7-6-12-4-2-1-3-5-12/h6-7,10,12,18H,1-5,8-9,11H2/b7-6+,15-14+. The molecule has 2 heterocycles. The predicted molar refractivity (Wildman–Crippen MR) is 95.3 cm³/mol. The van der Waals surface area contributed by atoms with Gasteiger partial charge in [-0.2, -0.15) is 0 Å².